The molecule has 0 atom stereocenters. The molecule has 98 valence electrons. The Labute approximate surface area is 115 Å². The van der Waals surface area contributed by atoms with Crippen molar-refractivity contribution in [3.63, 3.8) is 0 Å². The first kappa shape index (κ1) is 13.5. The van der Waals surface area contributed by atoms with Gasteiger partial charge in [-0.3, -0.25) is 4.57 Å². The molecule has 2 heterocycles. The monoisotopic (exact) mass is 273 g/mol. The van der Waals surface area contributed by atoms with Crippen LogP contribution in [0.3, 0.4) is 0 Å². The van der Waals surface area contributed by atoms with Crippen LogP contribution in [-0.4, -0.2) is 16.1 Å². The largest absolute Gasteiger partial charge is 0.348 e. The number of thiophene rings is 1. The van der Waals surface area contributed by atoms with E-state index in [1.807, 2.05) is 32.0 Å². The van der Waals surface area contributed by atoms with Gasteiger partial charge >= 0.3 is 5.69 Å². The van der Waals surface area contributed by atoms with Crippen LogP contribution in [0.25, 0.3) is 0 Å². The fraction of sp³-hybridized carbons (Fsp3) is 0.286. The lowest BCUT2D eigenvalue weighted by Gasteiger charge is -2.07. The Morgan fingerprint density at radius 3 is 2.89 bits per heavy atom. The van der Waals surface area contributed by atoms with Crippen LogP contribution in [0.15, 0.2) is 23.0 Å². The minimum atomic E-state index is -0.208. The van der Waals surface area contributed by atoms with Crippen molar-refractivity contribution in [2.45, 2.75) is 20.4 Å². The molecule has 2 N–H and O–H groups in total. The zero-order valence-corrected chi connectivity index (χ0v) is 11.8. The van der Waals surface area contributed by atoms with Crippen LogP contribution in [0.5, 0.6) is 0 Å². The third-order valence-corrected chi connectivity index (χ3v) is 3.62. The van der Waals surface area contributed by atoms with Gasteiger partial charge in [-0.05, 0) is 32.0 Å². The topological polar surface area (TPSA) is 60.9 Å². The second-order valence-electron chi connectivity index (χ2n) is 4.18. The Morgan fingerprint density at radius 1 is 1.42 bits per heavy atom. The van der Waals surface area contributed by atoms with Crippen molar-refractivity contribution >= 4 is 11.3 Å². The maximum absolute atomic E-state index is 11.9. The molecule has 0 saturated heterocycles. The van der Waals surface area contributed by atoms with Crippen LogP contribution in [0.4, 0.5) is 0 Å². The van der Waals surface area contributed by atoms with Crippen molar-refractivity contribution in [2.75, 3.05) is 6.54 Å². The lowest BCUT2D eigenvalue weighted by atomic mass is 10.3. The van der Waals surface area contributed by atoms with Crippen molar-refractivity contribution in [3.8, 4) is 11.8 Å². The zero-order chi connectivity index (χ0) is 13.8. The highest BCUT2D eigenvalue weighted by molar-refractivity contribution is 7.12. The lowest BCUT2D eigenvalue weighted by molar-refractivity contribution is 0.701. The summed E-state index contributed by atoms with van der Waals surface area (Å²) in [5.41, 5.74) is 6.80. The summed E-state index contributed by atoms with van der Waals surface area (Å²) in [5, 5.41) is 0. The Kier molecular flexibility index (Phi) is 4.15. The van der Waals surface area contributed by atoms with E-state index in [0.717, 1.165) is 21.1 Å². The number of aromatic nitrogens is 2. The highest BCUT2D eigenvalue weighted by atomic mass is 32.1. The van der Waals surface area contributed by atoms with Crippen LogP contribution in [0.1, 0.15) is 21.1 Å². The lowest BCUT2D eigenvalue weighted by Crippen LogP contribution is -2.25. The summed E-state index contributed by atoms with van der Waals surface area (Å²) in [7, 11) is 0. The van der Waals surface area contributed by atoms with Gasteiger partial charge in [0, 0.05) is 16.3 Å². The van der Waals surface area contributed by atoms with Gasteiger partial charge in [0.2, 0.25) is 0 Å². The van der Waals surface area contributed by atoms with E-state index in [0.29, 0.717) is 13.1 Å². The van der Waals surface area contributed by atoms with Gasteiger partial charge in [0.1, 0.15) is 0 Å². The molecular weight excluding hydrogens is 258 g/mol. The van der Waals surface area contributed by atoms with E-state index in [9.17, 15) is 4.79 Å². The van der Waals surface area contributed by atoms with Gasteiger partial charge in [-0.15, -0.1) is 11.3 Å². The zero-order valence-electron chi connectivity index (χ0n) is 10.9. The average molecular weight is 273 g/mol. The summed E-state index contributed by atoms with van der Waals surface area (Å²) in [6.07, 6.45) is 0. The summed E-state index contributed by atoms with van der Waals surface area (Å²) in [6, 6.07) is 5.84. The van der Waals surface area contributed by atoms with Gasteiger partial charge in [0.25, 0.3) is 0 Å². The highest BCUT2D eigenvalue weighted by Gasteiger charge is 2.05. The third-order valence-electron chi connectivity index (χ3n) is 2.64. The molecule has 2 rings (SSSR count). The van der Waals surface area contributed by atoms with Crippen molar-refractivity contribution in [1.82, 2.24) is 9.55 Å². The molecule has 0 fully saturated rings. The van der Waals surface area contributed by atoms with E-state index < -0.39 is 0 Å². The van der Waals surface area contributed by atoms with E-state index in [2.05, 4.69) is 16.8 Å². The van der Waals surface area contributed by atoms with E-state index in [-0.39, 0.29) is 5.69 Å². The van der Waals surface area contributed by atoms with Gasteiger partial charge in [0.05, 0.1) is 18.0 Å². The molecule has 4 nitrogen and oxygen atoms in total. The fourth-order valence-corrected chi connectivity index (χ4v) is 2.66. The van der Waals surface area contributed by atoms with Crippen LogP contribution >= 0.6 is 11.3 Å². The van der Waals surface area contributed by atoms with Crippen LogP contribution in [0, 0.1) is 25.7 Å². The summed E-state index contributed by atoms with van der Waals surface area (Å²) in [4.78, 5) is 17.9. The van der Waals surface area contributed by atoms with E-state index in [1.165, 1.54) is 0 Å². The molecule has 19 heavy (non-hydrogen) atoms. The van der Waals surface area contributed by atoms with Gasteiger partial charge < -0.3 is 5.73 Å². The number of nitrogens with zero attached hydrogens (tertiary/aromatic N) is 2. The molecule has 0 saturated carbocycles. The summed E-state index contributed by atoms with van der Waals surface area (Å²) < 4.78 is 1.67. The number of nitrogens with two attached hydrogens (primary N) is 1. The van der Waals surface area contributed by atoms with Crippen LogP contribution in [-0.2, 0) is 6.54 Å². The molecule has 2 aromatic heterocycles. The average Bonchev–Trinajstić information content (AvgIpc) is 2.79. The van der Waals surface area contributed by atoms with Gasteiger partial charge in [-0.25, -0.2) is 4.79 Å². The summed E-state index contributed by atoms with van der Waals surface area (Å²) in [6.45, 7) is 4.63. The molecular formula is C14H15N3OS. The van der Waals surface area contributed by atoms with Crippen LogP contribution < -0.4 is 11.4 Å². The highest BCUT2D eigenvalue weighted by Crippen LogP contribution is 2.16. The third kappa shape index (κ3) is 3.31. The smallest absolute Gasteiger partial charge is 0.320 e. The number of rotatable bonds is 2. The predicted molar refractivity (Wildman–Crippen MR) is 77.3 cm³/mol. The van der Waals surface area contributed by atoms with Crippen LogP contribution in [0.2, 0.25) is 0 Å². The van der Waals surface area contributed by atoms with E-state index >= 15 is 0 Å². The molecule has 0 unspecified atom stereocenters. The molecule has 0 aromatic carbocycles. The van der Waals surface area contributed by atoms with Crippen molar-refractivity contribution in [3.05, 3.63) is 49.8 Å². The Balaban J connectivity index is 2.27. The minimum absolute atomic E-state index is 0.208. The van der Waals surface area contributed by atoms with E-state index in [4.69, 9.17) is 5.73 Å². The van der Waals surface area contributed by atoms with Gasteiger partial charge in [-0.1, -0.05) is 11.8 Å². The molecule has 0 bridgehead atoms. The van der Waals surface area contributed by atoms with Crippen molar-refractivity contribution in [1.29, 1.82) is 0 Å². The maximum atomic E-state index is 11.9. The van der Waals surface area contributed by atoms with Crippen molar-refractivity contribution in [2.24, 2.45) is 5.73 Å². The Hall–Kier alpha value is -1.90. The van der Waals surface area contributed by atoms with E-state index in [1.54, 1.807) is 15.9 Å². The first-order valence-corrected chi connectivity index (χ1v) is 6.74. The Bertz CT molecular complexity index is 703. The fourth-order valence-electron chi connectivity index (χ4n) is 1.79. The second-order valence-corrected chi connectivity index (χ2v) is 5.35. The molecule has 0 aliphatic rings. The maximum Gasteiger partial charge on any atom is 0.348 e. The Morgan fingerprint density at radius 2 is 2.21 bits per heavy atom. The molecule has 0 aliphatic heterocycles. The second kappa shape index (κ2) is 5.83. The summed E-state index contributed by atoms with van der Waals surface area (Å²) >= 11 is 1.57. The molecule has 2 aromatic rings. The molecule has 0 spiro atoms. The van der Waals surface area contributed by atoms with Crippen molar-refractivity contribution < 1.29 is 0 Å². The van der Waals surface area contributed by atoms with Gasteiger partial charge in [0.15, 0.2) is 0 Å². The predicted octanol–water partition coefficient (Wildman–Crippen LogP) is 1.28. The molecule has 5 heteroatoms. The first-order valence-electron chi connectivity index (χ1n) is 5.93. The number of aryl methyl sites for hydroxylation is 2. The first-order chi connectivity index (χ1) is 9.10. The number of hydrogen-bond acceptors (Lipinski definition) is 4. The number of hydrogen-bond donors (Lipinski definition) is 1. The SMILES string of the molecule is Cc1cc(C)n(Cc2ccc(C#CCN)s2)c(=O)n1. The molecule has 0 radical (unpaired) electrons. The van der Waals surface area contributed by atoms with Gasteiger partial charge in [-0.2, -0.15) is 4.98 Å². The summed E-state index contributed by atoms with van der Waals surface area (Å²) in [5.74, 6) is 5.81. The standard InChI is InChI=1S/C14H15N3OS/c1-10-8-11(2)17(14(18)16-10)9-13-6-5-12(19-13)4-3-7-15/h5-6,8H,7,9,15H2,1-2H3. The molecule has 0 amide bonds. The normalized spacial score (nSPS) is 10.1. The molecule has 0 aliphatic carbocycles. The quantitative estimate of drug-likeness (QED) is 0.839. The minimum Gasteiger partial charge on any atom is -0.320 e.